The van der Waals surface area contributed by atoms with Crippen LogP contribution in [0.15, 0.2) is 160 Å². The summed E-state index contributed by atoms with van der Waals surface area (Å²) in [5, 5.41) is 9.77. The van der Waals surface area contributed by atoms with Crippen LogP contribution in [0, 0.1) is 13.8 Å². The number of aryl methyl sites for hydroxylation is 2. The highest BCUT2D eigenvalue weighted by Crippen LogP contribution is 2.40. The molecule has 0 bridgehead atoms. The molecule has 14 N–H and O–H groups in total. The molecule has 8 aromatic rings. The quantitative estimate of drug-likeness (QED) is 0.0489. The molecule has 8 aromatic carbocycles. The van der Waals surface area contributed by atoms with Crippen molar-refractivity contribution in [1.82, 2.24) is 0 Å². The lowest BCUT2D eigenvalue weighted by Crippen LogP contribution is -2.22. The molecule has 0 saturated carbocycles. The minimum atomic E-state index is -5.54. The maximum absolute atomic E-state index is 13.7. The van der Waals surface area contributed by atoms with Crippen LogP contribution < -0.4 is 31.9 Å². The fourth-order valence-electron chi connectivity index (χ4n) is 9.01. The first kappa shape index (κ1) is 70.6. The van der Waals surface area contributed by atoms with Gasteiger partial charge in [-0.2, -0.15) is 67.3 Å². The van der Waals surface area contributed by atoms with Crippen LogP contribution in [0.1, 0.15) is 52.6 Å². The first-order valence-electron chi connectivity index (χ1n) is 24.9. The number of rotatable bonds is 18. The number of carbonyl (C=O) groups excluding carboxylic acids is 5. The third-order valence-electron chi connectivity index (χ3n) is 13.2. The zero-order valence-corrected chi connectivity index (χ0v) is 53.0. The molecule has 0 spiro atoms. The zero-order valence-electron chi connectivity index (χ0n) is 46.5. The molecule has 0 aromatic heterocycles. The maximum Gasteiger partial charge on any atom is 0.323 e. The molecule has 0 aliphatic carbocycles. The Morgan fingerprint density at radius 1 is 0.287 bits per heavy atom. The molecule has 0 aliphatic rings. The van der Waals surface area contributed by atoms with Gasteiger partial charge in [0, 0.05) is 55.4 Å². The van der Waals surface area contributed by atoms with Crippen molar-refractivity contribution in [2.24, 2.45) is 0 Å². The summed E-state index contributed by atoms with van der Waals surface area (Å²) in [6, 6.07) is 14.0. The fraction of sp³-hybridized carbons (Fsp3) is 0.0392. The molecule has 8 rings (SSSR count). The number of fused-ring (bicyclic) bond motifs is 2. The molecular formula is C51H40N6O29S8. The fourth-order valence-corrected chi connectivity index (χ4v) is 14.5. The van der Waals surface area contributed by atoms with Crippen molar-refractivity contribution in [1.29, 1.82) is 0 Å². The van der Waals surface area contributed by atoms with Gasteiger partial charge < -0.3 is 31.9 Å². The van der Waals surface area contributed by atoms with Gasteiger partial charge in [0.2, 0.25) is 0 Å². The Hall–Kier alpha value is -9.29. The van der Waals surface area contributed by atoms with Gasteiger partial charge in [-0.15, -0.1) is 0 Å². The molecule has 6 amide bonds. The van der Waals surface area contributed by atoms with Crippen LogP contribution in [0.2, 0.25) is 0 Å². The van der Waals surface area contributed by atoms with Gasteiger partial charge in [0.1, 0.15) is 29.4 Å². The number of carbonyl (C=O) groups is 5. The molecule has 0 radical (unpaired) electrons. The lowest BCUT2D eigenvalue weighted by Gasteiger charge is -2.16. The number of anilines is 6. The van der Waals surface area contributed by atoms with E-state index in [0.717, 1.165) is 60.7 Å². The lowest BCUT2D eigenvalue weighted by molar-refractivity contribution is 0.101. The Labute approximate surface area is 530 Å². The smallest absolute Gasteiger partial charge is 0.322 e. The monoisotopic (exact) mass is 1460 g/mol. The molecule has 0 aliphatic heterocycles. The van der Waals surface area contributed by atoms with Crippen LogP contribution in [0.3, 0.4) is 0 Å². The van der Waals surface area contributed by atoms with Crippen molar-refractivity contribution in [3.63, 3.8) is 0 Å². The van der Waals surface area contributed by atoms with Crippen LogP contribution in [0.25, 0.3) is 21.5 Å². The standard InChI is InChI=1S/C51H40N6O29S8/c1-23-3-5-25(47(58)54-35-11-13-39(89(69,70)71)33-19-29(87(63,64)65)21-43(45(33)35)93(81,82)83)15-37(23)56-49(60)31-9-7-27(17-41(31)91(75,76)77)52-51(62)53-28-8-10-32(42(18-28)92(78,79)80)50(61)57-38-16-26(6-4-24(38)2)48(59)55-36-12-14-40(90(72,73)74)34-20-30(88(66,67)68)22-44(46(34)36)94(84,85)86/h3-22H,1-2H3,(H,54,58)(H,55,59)(H,56,60)(H,57,61)(H2,52,53,62)(H,63,64,65)(H,66,67,68)(H,69,70,71)(H,72,73,74)(H,75,76,77)(H,78,79,80)(H,81,82,83)(H,84,85,86). The number of amides is 6. The van der Waals surface area contributed by atoms with Crippen molar-refractivity contribution < 1.29 is 128 Å². The van der Waals surface area contributed by atoms with Gasteiger partial charge in [-0.25, -0.2) is 4.79 Å². The van der Waals surface area contributed by atoms with E-state index in [1.54, 1.807) is 0 Å². The predicted molar refractivity (Wildman–Crippen MR) is 326 cm³/mol. The van der Waals surface area contributed by atoms with E-state index in [-0.39, 0.29) is 45.8 Å². The summed E-state index contributed by atoms with van der Waals surface area (Å²) in [6.45, 7) is 2.77. The van der Waals surface area contributed by atoms with Crippen LogP contribution in [-0.4, -0.2) is 133 Å². The van der Waals surface area contributed by atoms with E-state index in [1.165, 1.54) is 26.0 Å². The van der Waals surface area contributed by atoms with E-state index in [1.807, 2.05) is 0 Å². The van der Waals surface area contributed by atoms with E-state index < -0.39 is 205 Å². The van der Waals surface area contributed by atoms with Crippen LogP contribution in [0.4, 0.5) is 38.9 Å². The first-order valence-corrected chi connectivity index (χ1v) is 36.4. The number of hydrogen-bond donors (Lipinski definition) is 14. The minimum Gasteiger partial charge on any atom is -0.322 e. The van der Waals surface area contributed by atoms with Gasteiger partial charge in [0.25, 0.3) is 105 Å². The molecule has 0 unspecified atom stereocenters. The van der Waals surface area contributed by atoms with Crippen molar-refractivity contribution >= 4 is 166 Å². The third kappa shape index (κ3) is 15.5. The van der Waals surface area contributed by atoms with Crippen LogP contribution in [-0.2, 0) is 80.9 Å². The Balaban J connectivity index is 0.999. The summed E-state index contributed by atoms with van der Waals surface area (Å²) in [4.78, 5) is 58.4. The van der Waals surface area contributed by atoms with Gasteiger partial charge >= 0.3 is 6.03 Å². The third-order valence-corrected chi connectivity index (χ3v) is 20.3. The predicted octanol–water partition coefficient (Wildman–Crippen LogP) is 5.24. The molecule has 94 heavy (non-hydrogen) atoms. The molecule has 0 saturated heterocycles. The van der Waals surface area contributed by atoms with Gasteiger partial charge in [-0.05, 0) is 134 Å². The summed E-state index contributed by atoms with van der Waals surface area (Å²) < 4.78 is 278. The average molecular weight is 1460 g/mol. The minimum absolute atomic E-state index is 0.177. The number of hydrogen-bond acceptors (Lipinski definition) is 21. The van der Waals surface area contributed by atoms with E-state index >= 15 is 0 Å². The lowest BCUT2D eigenvalue weighted by atomic mass is 10.1. The highest BCUT2D eigenvalue weighted by Gasteiger charge is 2.31. The highest BCUT2D eigenvalue weighted by molar-refractivity contribution is 7.88. The Morgan fingerprint density at radius 2 is 0.596 bits per heavy atom. The van der Waals surface area contributed by atoms with E-state index in [4.69, 9.17) is 0 Å². The highest BCUT2D eigenvalue weighted by atomic mass is 32.2. The average Bonchev–Trinajstić information content (AvgIpc) is 0.747. The van der Waals surface area contributed by atoms with Crippen molar-refractivity contribution in [3.05, 3.63) is 155 Å². The second kappa shape index (κ2) is 24.9. The van der Waals surface area contributed by atoms with Gasteiger partial charge in [-0.1, -0.05) is 12.1 Å². The Kier molecular flexibility index (Phi) is 18.7. The largest absolute Gasteiger partial charge is 0.323 e. The van der Waals surface area contributed by atoms with Crippen LogP contribution >= 0.6 is 0 Å². The summed E-state index contributed by atoms with van der Waals surface area (Å²) >= 11 is 0. The van der Waals surface area contributed by atoms with Gasteiger partial charge in [0.05, 0.1) is 32.3 Å². The molecule has 43 heteroatoms. The first-order chi connectivity index (χ1) is 43.0. The Bertz CT molecular complexity index is 5340. The second-order valence-electron chi connectivity index (χ2n) is 19.6. The molecular weight excluding hydrogens is 1420 g/mol. The molecule has 0 fully saturated rings. The number of nitrogens with one attached hydrogen (secondary N) is 6. The second-order valence-corrected chi connectivity index (χ2v) is 30.8. The van der Waals surface area contributed by atoms with E-state index in [0.29, 0.717) is 36.4 Å². The summed E-state index contributed by atoms with van der Waals surface area (Å²) in [5.41, 5.74) is -4.72. The topological polar surface area (TPSA) is 592 Å². The molecule has 35 nitrogen and oxygen atoms in total. The summed E-state index contributed by atoms with van der Waals surface area (Å²) in [6.07, 6.45) is 0. The van der Waals surface area contributed by atoms with E-state index in [2.05, 4.69) is 31.9 Å². The Morgan fingerprint density at radius 3 is 0.894 bits per heavy atom. The van der Waals surface area contributed by atoms with Gasteiger partial charge in [0.15, 0.2) is 0 Å². The number of benzene rings is 8. The van der Waals surface area contributed by atoms with Crippen molar-refractivity contribution in [3.8, 4) is 0 Å². The normalized spacial score (nSPS) is 12.6. The summed E-state index contributed by atoms with van der Waals surface area (Å²) in [7, 11) is -43.2. The molecule has 0 heterocycles. The number of urea groups is 1. The van der Waals surface area contributed by atoms with Crippen molar-refractivity contribution in [2.45, 2.75) is 53.0 Å². The zero-order chi connectivity index (χ0) is 70.1. The van der Waals surface area contributed by atoms with Gasteiger partial charge in [-0.3, -0.25) is 55.6 Å². The maximum atomic E-state index is 13.7. The van der Waals surface area contributed by atoms with E-state index in [9.17, 15) is 128 Å². The molecule has 0 atom stereocenters. The molecule has 496 valence electrons. The van der Waals surface area contributed by atoms with Crippen LogP contribution in [0.5, 0.6) is 0 Å². The summed E-state index contributed by atoms with van der Waals surface area (Å²) in [5.74, 6) is -4.94. The van der Waals surface area contributed by atoms with Crippen molar-refractivity contribution in [2.75, 3.05) is 31.9 Å². The SMILES string of the molecule is Cc1ccc(C(=O)Nc2ccc(S(=O)(=O)O)c3cc(S(=O)(=O)O)cc(S(=O)(=O)O)c23)cc1NC(=O)c1ccc(NC(=O)Nc2ccc(C(=O)Nc3cc(C(=O)Nc4ccc(S(=O)(=O)O)c5cc(S(=O)(=O)O)cc(S(=O)(=O)O)c45)ccc3C)c(S(=O)(=O)O)c2)cc1S(=O)(=O)O.